The van der Waals surface area contributed by atoms with Crippen LogP contribution in [0.25, 0.3) is 0 Å². The van der Waals surface area contributed by atoms with Gasteiger partial charge in [0.1, 0.15) is 16.4 Å². The zero-order valence-corrected chi connectivity index (χ0v) is 15.2. The Bertz CT molecular complexity index is 613. The number of nitrogens with zero attached hydrogens (tertiary/aromatic N) is 1. The smallest absolute Gasteiger partial charge is 0.242 e. The van der Waals surface area contributed by atoms with Crippen molar-refractivity contribution in [2.45, 2.75) is 58.8 Å². The quantitative estimate of drug-likeness (QED) is 0.807. The first-order chi connectivity index (χ1) is 10.3. The van der Waals surface area contributed by atoms with Crippen LogP contribution in [0.15, 0.2) is 0 Å². The molecule has 0 fully saturated rings. The molecule has 1 amide bonds. The number of hydrogen-bond acceptors (Lipinski definition) is 3. The zero-order chi connectivity index (χ0) is 16.5. The Morgan fingerprint density at radius 3 is 2.82 bits per heavy atom. The molecule has 3 nitrogen and oxygen atoms in total. The summed E-state index contributed by atoms with van der Waals surface area (Å²) in [5.41, 5.74) is 2.08. The summed E-state index contributed by atoms with van der Waals surface area (Å²) < 4.78 is 0. The molecule has 0 aromatic carbocycles. The molecule has 120 valence electrons. The van der Waals surface area contributed by atoms with Crippen LogP contribution in [0.4, 0.5) is 5.00 Å². The zero-order valence-electron chi connectivity index (χ0n) is 13.6. The Balaban J connectivity index is 2.29. The average Bonchev–Trinajstić information content (AvgIpc) is 2.82. The van der Waals surface area contributed by atoms with Crippen molar-refractivity contribution in [3.8, 4) is 6.07 Å². The number of nitriles is 1. The second-order valence-electron chi connectivity index (χ2n) is 6.71. The van der Waals surface area contributed by atoms with Crippen LogP contribution >= 0.6 is 22.9 Å². The molecule has 1 N–H and O–H groups in total. The van der Waals surface area contributed by atoms with E-state index in [-0.39, 0.29) is 5.91 Å². The van der Waals surface area contributed by atoms with E-state index in [1.54, 1.807) is 18.3 Å². The van der Waals surface area contributed by atoms with Crippen LogP contribution in [-0.2, 0) is 17.6 Å². The minimum atomic E-state index is -0.600. The van der Waals surface area contributed by atoms with Crippen molar-refractivity contribution < 1.29 is 4.79 Å². The lowest BCUT2D eigenvalue weighted by Crippen LogP contribution is -2.28. The van der Waals surface area contributed by atoms with Crippen molar-refractivity contribution in [1.29, 1.82) is 5.26 Å². The van der Waals surface area contributed by atoms with E-state index in [1.165, 1.54) is 4.88 Å². The summed E-state index contributed by atoms with van der Waals surface area (Å²) >= 11 is 7.36. The van der Waals surface area contributed by atoms with E-state index in [4.69, 9.17) is 11.6 Å². The predicted octanol–water partition coefficient (Wildman–Crippen LogP) is 4.73. The van der Waals surface area contributed by atoms with Crippen molar-refractivity contribution in [1.82, 2.24) is 0 Å². The van der Waals surface area contributed by atoms with E-state index in [0.717, 1.165) is 31.2 Å². The molecule has 1 aromatic heterocycles. The lowest BCUT2D eigenvalue weighted by Gasteiger charge is -2.36. The fourth-order valence-corrected chi connectivity index (χ4v) is 4.29. The maximum atomic E-state index is 11.8. The number of anilines is 1. The van der Waals surface area contributed by atoms with E-state index >= 15 is 0 Å². The molecule has 5 heteroatoms. The summed E-state index contributed by atoms with van der Waals surface area (Å²) in [5.74, 6) is 0.382. The monoisotopic (exact) mass is 338 g/mol. The van der Waals surface area contributed by atoms with Gasteiger partial charge < -0.3 is 5.32 Å². The number of alkyl halides is 1. The number of halogens is 1. The summed E-state index contributed by atoms with van der Waals surface area (Å²) in [4.78, 5) is 13.1. The van der Waals surface area contributed by atoms with Gasteiger partial charge in [-0.3, -0.25) is 4.79 Å². The lowest BCUT2D eigenvalue weighted by molar-refractivity contribution is -0.115. The second-order valence-corrected chi connectivity index (χ2v) is 8.47. The van der Waals surface area contributed by atoms with Crippen LogP contribution in [0.1, 0.15) is 56.5 Å². The second kappa shape index (κ2) is 6.60. The Hall–Kier alpha value is -1.05. The number of thiophene rings is 1. The van der Waals surface area contributed by atoms with E-state index in [0.29, 0.717) is 21.9 Å². The maximum Gasteiger partial charge on any atom is 0.242 e. The van der Waals surface area contributed by atoms with E-state index in [9.17, 15) is 10.1 Å². The Labute approximate surface area is 141 Å². The van der Waals surface area contributed by atoms with Gasteiger partial charge in [0.15, 0.2) is 0 Å². The molecule has 0 unspecified atom stereocenters. The maximum absolute atomic E-state index is 11.8. The van der Waals surface area contributed by atoms with Crippen molar-refractivity contribution in [3.05, 3.63) is 16.0 Å². The van der Waals surface area contributed by atoms with Crippen LogP contribution in [0.2, 0.25) is 0 Å². The molecule has 0 saturated heterocycles. The summed E-state index contributed by atoms with van der Waals surface area (Å²) in [6, 6.07) is 2.27. The largest absolute Gasteiger partial charge is 0.315 e. The van der Waals surface area contributed by atoms with Crippen LogP contribution in [-0.4, -0.2) is 11.3 Å². The van der Waals surface area contributed by atoms with Gasteiger partial charge in [0.05, 0.1) is 5.56 Å². The summed E-state index contributed by atoms with van der Waals surface area (Å²) in [7, 11) is 0. The third-order valence-electron chi connectivity index (χ3n) is 4.99. The number of rotatable bonds is 4. The highest BCUT2D eigenvalue weighted by Gasteiger charge is 2.34. The molecule has 2 rings (SSSR count). The van der Waals surface area contributed by atoms with Gasteiger partial charge in [-0.1, -0.05) is 27.2 Å². The Kier molecular flexibility index (Phi) is 5.19. The van der Waals surface area contributed by atoms with Crippen molar-refractivity contribution in [3.63, 3.8) is 0 Å². The average molecular weight is 339 g/mol. The number of nitrogens with one attached hydrogen (secondary N) is 1. The molecule has 2 atom stereocenters. The van der Waals surface area contributed by atoms with E-state index < -0.39 is 5.38 Å². The molecule has 1 heterocycles. The third-order valence-corrected chi connectivity index (χ3v) is 6.36. The van der Waals surface area contributed by atoms with Gasteiger partial charge in [-0.2, -0.15) is 5.26 Å². The first kappa shape index (κ1) is 17.3. The van der Waals surface area contributed by atoms with Gasteiger partial charge in [0.2, 0.25) is 5.91 Å². The summed E-state index contributed by atoms with van der Waals surface area (Å²) in [6.45, 7) is 8.51. The molecule has 0 spiro atoms. The molecule has 1 aliphatic rings. The SMILES string of the molecule is CCC(C)(C)[C@H]1CCc2c(sc(NC(=O)[C@H](C)Cl)c2C#N)C1. The minimum Gasteiger partial charge on any atom is -0.315 e. The topological polar surface area (TPSA) is 52.9 Å². The van der Waals surface area contributed by atoms with Crippen molar-refractivity contribution >= 4 is 33.8 Å². The van der Waals surface area contributed by atoms with Crippen LogP contribution < -0.4 is 5.32 Å². The fraction of sp³-hybridized carbons (Fsp3) is 0.647. The number of amides is 1. The van der Waals surface area contributed by atoms with Gasteiger partial charge in [0.25, 0.3) is 0 Å². The standard InChI is InChI=1S/C17H23ClN2OS/c1-5-17(3,4)11-6-7-12-13(9-19)16(22-14(12)8-11)20-15(21)10(2)18/h10-11H,5-8H2,1-4H3,(H,20,21)/t10-,11-/m0/s1. The van der Waals surface area contributed by atoms with Crippen molar-refractivity contribution in [2.24, 2.45) is 11.3 Å². The van der Waals surface area contributed by atoms with Gasteiger partial charge >= 0.3 is 0 Å². The van der Waals surface area contributed by atoms with E-state index in [2.05, 4.69) is 32.2 Å². The molecule has 0 radical (unpaired) electrons. The van der Waals surface area contributed by atoms with Crippen LogP contribution in [0, 0.1) is 22.7 Å². The van der Waals surface area contributed by atoms with Crippen LogP contribution in [0.5, 0.6) is 0 Å². The van der Waals surface area contributed by atoms with Gasteiger partial charge in [0, 0.05) is 4.88 Å². The molecule has 0 aliphatic heterocycles. The number of hydrogen-bond donors (Lipinski definition) is 1. The van der Waals surface area contributed by atoms with Crippen LogP contribution in [0.3, 0.4) is 0 Å². The Morgan fingerprint density at radius 2 is 2.27 bits per heavy atom. The third kappa shape index (κ3) is 3.31. The highest BCUT2D eigenvalue weighted by molar-refractivity contribution is 7.16. The molecule has 0 bridgehead atoms. The molecule has 22 heavy (non-hydrogen) atoms. The normalized spacial score (nSPS) is 19.2. The molecule has 0 saturated carbocycles. The molecular weight excluding hydrogens is 316 g/mol. The number of fused-ring (bicyclic) bond motifs is 1. The van der Waals surface area contributed by atoms with Gasteiger partial charge in [-0.25, -0.2) is 0 Å². The highest BCUT2D eigenvalue weighted by Crippen LogP contribution is 2.45. The van der Waals surface area contributed by atoms with Gasteiger partial charge in [-0.05, 0) is 43.1 Å². The highest BCUT2D eigenvalue weighted by atomic mass is 35.5. The van der Waals surface area contributed by atoms with Crippen molar-refractivity contribution in [2.75, 3.05) is 5.32 Å². The minimum absolute atomic E-state index is 0.248. The number of carbonyl (C=O) groups is 1. The van der Waals surface area contributed by atoms with Gasteiger partial charge in [-0.15, -0.1) is 22.9 Å². The van der Waals surface area contributed by atoms with E-state index in [1.807, 2.05) is 0 Å². The lowest BCUT2D eigenvalue weighted by atomic mass is 9.69. The predicted molar refractivity (Wildman–Crippen MR) is 92.6 cm³/mol. The molecule has 1 aromatic rings. The first-order valence-corrected chi connectivity index (χ1v) is 9.05. The summed E-state index contributed by atoms with van der Waals surface area (Å²) in [5, 5.41) is 12.3. The molecular formula is C17H23ClN2OS. The first-order valence-electron chi connectivity index (χ1n) is 7.79. The molecule has 1 aliphatic carbocycles. The fourth-order valence-electron chi connectivity index (χ4n) is 2.96. The summed E-state index contributed by atoms with van der Waals surface area (Å²) in [6.07, 6.45) is 4.19. The Morgan fingerprint density at radius 1 is 1.59 bits per heavy atom. The number of carbonyl (C=O) groups excluding carboxylic acids is 1.